The molecule has 3 aliphatic carbocycles. The molecule has 0 atom stereocenters. The lowest BCUT2D eigenvalue weighted by atomic mass is 10.1. The summed E-state index contributed by atoms with van der Waals surface area (Å²) in [4.78, 5) is 62.6. The van der Waals surface area contributed by atoms with Crippen LogP contribution < -0.4 is 27.0 Å². The number of imidazole rings is 3. The number of carbonyl (C=O) groups is 3. The summed E-state index contributed by atoms with van der Waals surface area (Å²) in [5.74, 6) is 1.84. The number of nitrogens with two attached hydrogens (primary N) is 1. The van der Waals surface area contributed by atoms with Crippen LogP contribution in [0.5, 0.6) is 0 Å². The summed E-state index contributed by atoms with van der Waals surface area (Å²) in [6.45, 7) is 10.1. The molecule has 24 heteroatoms. The van der Waals surface area contributed by atoms with Gasteiger partial charge in [-0.1, -0.05) is 64.1 Å². The molecule has 0 unspecified atom stereocenters. The van der Waals surface area contributed by atoms with Crippen LogP contribution in [0.25, 0.3) is 50.7 Å². The van der Waals surface area contributed by atoms with Gasteiger partial charge in [0.25, 0.3) is 17.7 Å². The van der Waals surface area contributed by atoms with E-state index in [0.29, 0.717) is 56.9 Å². The summed E-state index contributed by atoms with van der Waals surface area (Å²) in [7, 11) is -3.52. The molecule has 428 valence electrons. The van der Waals surface area contributed by atoms with Gasteiger partial charge in [-0.3, -0.25) is 27.6 Å². The molecule has 82 heavy (non-hydrogen) atoms. The Hall–Kier alpha value is -6.57. The predicted octanol–water partition coefficient (Wildman–Crippen LogP) is 10.9. The Morgan fingerprint density at radius 2 is 0.927 bits per heavy atom. The van der Waals surface area contributed by atoms with Crippen LogP contribution in [-0.2, 0) is 9.84 Å². The number of hydrogen-bond donors (Lipinski definition) is 5. The van der Waals surface area contributed by atoms with Gasteiger partial charge >= 0.3 is 0 Å². The van der Waals surface area contributed by atoms with Crippen molar-refractivity contribution in [3.8, 4) is 33.8 Å². The molecule has 6 aromatic heterocycles. The Morgan fingerprint density at radius 1 is 0.573 bits per heavy atom. The number of fused-ring (bicyclic) bond motifs is 3. The second-order valence-corrected chi connectivity index (χ2v) is 26.2. The maximum absolute atomic E-state index is 12.2. The first-order valence-electron chi connectivity index (χ1n) is 26.8. The van der Waals surface area contributed by atoms with Crippen LogP contribution in [0, 0.1) is 11.8 Å². The van der Waals surface area contributed by atoms with Gasteiger partial charge in [-0.15, -0.1) is 11.8 Å². The number of nitrogens with zero attached hydrogens (tertiary/aromatic N) is 9. The van der Waals surface area contributed by atoms with Gasteiger partial charge in [-0.05, 0) is 147 Å². The Bertz CT molecular complexity index is 3880. The minimum atomic E-state index is -3.52. The van der Waals surface area contributed by atoms with E-state index in [1.54, 1.807) is 40.7 Å². The molecule has 3 aromatic carbocycles. The second-order valence-electron chi connectivity index (χ2n) is 21.0. The fourth-order valence-electron chi connectivity index (χ4n) is 8.14. The smallest absolute Gasteiger partial charge is 0.251 e. The van der Waals surface area contributed by atoms with Crippen molar-refractivity contribution in [2.24, 2.45) is 17.6 Å². The summed E-state index contributed by atoms with van der Waals surface area (Å²) in [6.07, 6.45) is 20.3. The highest BCUT2D eigenvalue weighted by molar-refractivity contribution is 9.11. The predicted molar refractivity (Wildman–Crippen MR) is 332 cm³/mol. The van der Waals surface area contributed by atoms with E-state index in [9.17, 15) is 22.8 Å². The lowest BCUT2D eigenvalue weighted by Gasteiger charge is -2.11. The van der Waals surface area contributed by atoms with Crippen molar-refractivity contribution in [3.63, 3.8) is 0 Å². The number of carbonyl (C=O) groups excluding carboxylic acids is 3. The third-order valence-electron chi connectivity index (χ3n) is 13.1. The van der Waals surface area contributed by atoms with Crippen LogP contribution in [0.1, 0.15) is 97.3 Å². The molecule has 6 N–H and O–H groups in total. The number of rotatable bonds is 15. The van der Waals surface area contributed by atoms with Crippen LogP contribution in [-0.4, -0.2) is 113 Å². The van der Waals surface area contributed by atoms with Gasteiger partial charge < -0.3 is 27.0 Å². The number of aromatic nitrogens is 9. The van der Waals surface area contributed by atoms with Crippen molar-refractivity contribution in [1.82, 2.24) is 59.1 Å². The molecule has 0 radical (unpaired) electrons. The Balaban J connectivity index is 0.000000142. The first kappa shape index (κ1) is 60.0. The zero-order chi connectivity index (χ0) is 58.4. The van der Waals surface area contributed by atoms with Crippen molar-refractivity contribution < 1.29 is 22.8 Å². The molecular weight excluding hydrogens is 1280 g/mol. The quantitative estimate of drug-likeness (QED) is 0.0599. The van der Waals surface area contributed by atoms with Crippen LogP contribution >= 0.6 is 59.6 Å². The summed E-state index contributed by atoms with van der Waals surface area (Å²) < 4.78 is 31.5. The van der Waals surface area contributed by atoms with E-state index in [4.69, 9.17) is 5.73 Å². The largest absolute Gasteiger partial charge is 0.367 e. The van der Waals surface area contributed by atoms with E-state index >= 15 is 0 Å². The van der Waals surface area contributed by atoms with Crippen LogP contribution in [0.4, 0.5) is 5.82 Å². The molecule has 0 saturated heterocycles. The van der Waals surface area contributed by atoms with Crippen LogP contribution in [0.15, 0.2) is 134 Å². The molecule has 3 saturated carbocycles. The normalized spacial score (nSPS) is 13.9. The molecular formula is C58H63Br3N14O5S2. The Kier molecular flexibility index (Phi) is 19.3. The summed E-state index contributed by atoms with van der Waals surface area (Å²) in [5, 5.41) is 13.1. The lowest BCUT2D eigenvalue weighted by molar-refractivity contribution is 0.0942. The fraction of sp³-hybridized carbons (Fsp3) is 0.328. The van der Waals surface area contributed by atoms with Crippen molar-refractivity contribution in [3.05, 3.63) is 140 Å². The number of benzene rings is 3. The number of halogens is 3. The summed E-state index contributed by atoms with van der Waals surface area (Å²) in [6, 6.07) is 23.4. The number of hydrogen-bond acceptors (Lipinski definition) is 14. The maximum atomic E-state index is 12.2. The van der Waals surface area contributed by atoms with E-state index in [0.717, 1.165) is 117 Å². The van der Waals surface area contributed by atoms with Crippen molar-refractivity contribution in [2.45, 2.75) is 94.4 Å². The number of amides is 3. The molecule has 0 bridgehead atoms. The molecule has 12 rings (SSSR count). The van der Waals surface area contributed by atoms with E-state index in [1.165, 1.54) is 0 Å². The van der Waals surface area contributed by atoms with Crippen LogP contribution in [0.2, 0.25) is 0 Å². The van der Waals surface area contributed by atoms with Crippen molar-refractivity contribution in [1.29, 1.82) is 0 Å². The molecule has 0 spiro atoms. The third-order valence-corrected chi connectivity index (χ3v) is 15.9. The van der Waals surface area contributed by atoms with Gasteiger partial charge in [0.15, 0.2) is 37.6 Å². The monoisotopic (exact) mass is 1340 g/mol. The molecule has 0 aliphatic heterocycles. The molecule has 3 amide bonds. The van der Waals surface area contributed by atoms with Gasteiger partial charge in [0.05, 0.1) is 35.7 Å². The number of anilines is 1. The maximum Gasteiger partial charge on any atom is 0.251 e. The Labute approximate surface area is 505 Å². The van der Waals surface area contributed by atoms with Gasteiger partial charge in [-0.2, -0.15) is 0 Å². The average molecular weight is 1340 g/mol. The van der Waals surface area contributed by atoms with Gasteiger partial charge in [0.2, 0.25) is 0 Å². The van der Waals surface area contributed by atoms with E-state index in [2.05, 4.69) is 127 Å². The highest BCUT2D eigenvalue weighted by atomic mass is 79.9. The highest BCUT2D eigenvalue weighted by Gasteiger charge is 2.26. The highest BCUT2D eigenvalue weighted by Crippen LogP contribution is 2.31. The van der Waals surface area contributed by atoms with Gasteiger partial charge in [-0.25, -0.2) is 38.3 Å². The van der Waals surface area contributed by atoms with Crippen molar-refractivity contribution in [2.75, 3.05) is 30.9 Å². The minimum absolute atomic E-state index is 0.00111. The number of thioether (sulfide) groups is 1. The first-order chi connectivity index (χ1) is 39.3. The zero-order valence-electron chi connectivity index (χ0n) is 46.0. The molecule has 6 heterocycles. The molecule has 9 aromatic rings. The van der Waals surface area contributed by atoms with E-state index < -0.39 is 9.84 Å². The standard InChI is InChI=1S/C20H22BrN5O.C17H15BrN4O3S.C17H15BrN4OS.C4H11N/c1-12(2)9-22-18-19-23-10-16(26(19)11-17(21)25-18)13-3-5-14(6-4-13)20(27)24-15-7-8-15;1-26(24,25)17-15-19-8-13(22(15)9-14(18)21-17)10-2-4-11(5-3-10)16(23)20-12-6-7-12;1-24-17-15-19-8-13(22(15)9-14(18)21-17)10-2-4-11(5-3-10)16(23)20-12-6-7-12;1-4(2)3-5/h3-6,10-12,15H,7-9H2,1-2H3,(H,22,25)(H,24,27);2-5,8-9,12H,6-7H2,1H3,(H,20,23);2-5,8-9,12H,6-7H2,1H3,(H,20,23);4H,3,5H2,1-2H3. The second kappa shape index (κ2) is 26.3. The zero-order valence-corrected chi connectivity index (χ0v) is 52.4. The minimum Gasteiger partial charge on any atom is -0.367 e. The topological polar surface area (TPSA) is 250 Å². The fourth-order valence-corrected chi connectivity index (χ4v) is 10.8. The number of sulfone groups is 1. The molecule has 19 nitrogen and oxygen atoms in total. The first-order valence-corrected chi connectivity index (χ1v) is 32.3. The van der Waals surface area contributed by atoms with Crippen LogP contribution in [0.3, 0.4) is 0 Å². The molecule has 3 aliphatic rings. The number of nitrogens with one attached hydrogen (secondary N) is 4. The van der Waals surface area contributed by atoms with E-state index in [-0.39, 0.29) is 28.4 Å². The Morgan fingerprint density at radius 3 is 1.29 bits per heavy atom. The van der Waals surface area contributed by atoms with Gasteiger partial charge in [0, 0.05) is 82.9 Å². The lowest BCUT2D eigenvalue weighted by Crippen LogP contribution is -2.25. The average Bonchev–Trinajstić information content (AvgIpc) is 4.20. The SMILES string of the molecule is CC(C)CN.CC(C)CNc1nc(Br)cn2c(-c3ccc(C(=O)NC4CC4)cc3)cnc12.CS(=O)(=O)c1nc(Br)cn2c(-c3ccc(C(=O)NC4CC4)cc3)cnc12.CSc1nc(Br)cn2c(-c3ccc(C(=O)NC4CC4)cc3)cnc12. The summed E-state index contributed by atoms with van der Waals surface area (Å²) in [5.41, 5.74) is 14.5. The summed E-state index contributed by atoms with van der Waals surface area (Å²) >= 11 is 11.7. The molecule has 3 fully saturated rings. The van der Waals surface area contributed by atoms with E-state index in [1.807, 2.05) is 101 Å². The third kappa shape index (κ3) is 15.3. The van der Waals surface area contributed by atoms with Crippen molar-refractivity contribution >= 4 is 110 Å². The van der Waals surface area contributed by atoms with Gasteiger partial charge in [0.1, 0.15) is 18.8 Å².